The lowest BCUT2D eigenvalue weighted by molar-refractivity contribution is -0.131. The fraction of sp³-hybridized carbons (Fsp3) is 0.303. The summed E-state index contributed by atoms with van der Waals surface area (Å²) in [6, 6.07) is 27.4. The summed E-state index contributed by atoms with van der Waals surface area (Å²) < 4.78 is 17.2. The van der Waals surface area contributed by atoms with E-state index in [0.717, 1.165) is 44.4 Å². The molecular formula is C33H38N2O5. The number of ether oxygens (including phenoxy) is 3. The molecule has 1 saturated heterocycles. The zero-order chi connectivity index (χ0) is 28.0. The molecule has 1 fully saturated rings. The van der Waals surface area contributed by atoms with Crippen molar-refractivity contribution in [3.8, 4) is 11.5 Å². The van der Waals surface area contributed by atoms with Crippen molar-refractivity contribution >= 4 is 12.0 Å². The molecule has 1 aliphatic rings. The lowest BCUT2D eigenvalue weighted by Gasteiger charge is -2.39. The number of allylic oxidation sites excluding steroid dienone is 2. The van der Waals surface area contributed by atoms with E-state index in [4.69, 9.17) is 19.3 Å². The summed E-state index contributed by atoms with van der Waals surface area (Å²) in [6.45, 7) is 6.53. The van der Waals surface area contributed by atoms with Crippen LogP contribution in [0.1, 0.15) is 22.7 Å². The van der Waals surface area contributed by atoms with Crippen molar-refractivity contribution < 1.29 is 24.1 Å². The maximum atomic E-state index is 10.6. The van der Waals surface area contributed by atoms with E-state index in [1.807, 2.05) is 18.2 Å². The summed E-state index contributed by atoms with van der Waals surface area (Å²) in [5.74, 6) is 0.282. The van der Waals surface area contributed by atoms with Crippen LogP contribution in [-0.4, -0.2) is 80.5 Å². The van der Waals surface area contributed by atoms with Crippen molar-refractivity contribution in [2.45, 2.75) is 6.04 Å². The molecule has 0 unspecified atom stereocenters. The molecule has 40 heavy (non-hydrogen) atoms. The van der Waals surface area contributed by atoms with Crippen LogP contribution >= 0.6 is 0 Å². The summed E-state index contributed by atoms with van der Waals surface area (Å²) in [6.07, 6.45) is 6.03. The first-order valence-electron chi connectivity index (χ1n) is 13.7. The van der Waals surface area contributed by atoms with Crippen LogP contribution in [0.15, 0.2) is 97.1 Å². The van der Waals surface area contributed by atoms with Crippen LogP contribution in [0.3, 0.4) is 0 Å². The molecule has 210 valence electrons. The predicted octanol–water partition coefficient (Wildman–Crippen LogP) is 5.15. The smallest absolute Gasteiger partial charge is 0.328 e. The number of hydrogen-bond donors (Lipinski definition) is 1. The number of aliphatic carboxylic acids is 1. The van der Waals surface area contributed by atoms with Gasteiger partial charge in [0.15, 0.2) is 11.5 Å². The third-order valence-corrected chi connectivity index (χ3v) is 6.87. The Hall–Kier alpha value is -3.91. The van der Waals surface area contributed by atoms with Crippen LogP contribution in [-0.2, 0) is 9.53 Å². The van der Waals surface area contributed by atoms with Crippen LogP contribution in [0.25, 0.3) is 6.08 Å². The molecule has 0 radical (unpaired) electrons. The quantitative estimate of drug-likeness (QED) is 0.172. The van der Waals surface area contributed by atoms with Gasteiger partial charge in [0.05, 0.1) is 26.4 Å². The molecule has 0 atom stereocenters. The molecule has 3 aromatic carbocycles. The third-order valence-electron chi connectivity index (χ3n) is 6.87. The first-order valence-corrected chi connectivity index (χ1v) is 13.7. The van der Waals surface area contributed by atoms with E-state index in [9.17, 15) is 4.79 Å². The number of nitrogens with zero attached hydrogens (tertiary/aromatic N) is 2. The number of piperazine rings is 1. The Morgan fingerprint density at radius 2 is 1.52 bits per heavy atom. The molecule has 0 saturated carbocycles. The average Bonchev–Trinajstić information content (AvgIpc) is 2.99. The van der Waals surface area contributed by atoms with E-state index in [0.29, 0.717) is 31.3 Å². The molecule has 7 nitrogen and oxygen atoms in total. The van der Waals surface area contributed by atoms with Gasteiger partial charge in [-0.2, -0.15) is 0 Å². The summed E-state index contributed by atoms with van der Waals surface area (Å²) in [5, 5.41) is 8.66. The van der Waals surface area contributed by atoms with E-state index < -0.39 is 5.97 Å². The standard InChI is InChI=1S/C33H38N2O5/c1-38-31-26-27(10-8-9-15-32(36)37)16-17-30(31)40-25-24-39-23-22-34-18-20-35(21-19-34)33(28-11-4-2-5-12-28)29-13-6-3-7-14-29/h2-17,26,33H,18-25H2,1H3,(H,36,37). The minimum absolute atomic E-state index is 0.272. The number of carbonyl (C=O) groups is 1. The van der Waals surface area contributed by atoms with Crippen LogP contribution in [0.4, 0.5) is 0 Å². The van der Waals surface area contributed by atoms with Gasteiger partial charge in [-0.15, -0.1) is 0 Å². The van der Waals surface area contributed by atoms with Crippen molar-refractivity contribution in [1.82, 2.24) is 9.80 Å². The fourth-order valence-electron chi connectivity index (χ4n) is 4.85. The molecule has 4 rings (SSSR count). The maximum Gasteiger partial charge on any atom is 0.328 e. The number of carboxylic acids is 1. The molecule has 3 aromatic rings. The number of methoxy groups -OCH3 is 1. The Morgan fingerprint density at radius 3 is 2.15 bits per heavy atom. The van der Waals surface area contributed by atoms with E-state index in [-0.39, 0.29) is 6.04 Å². The van der Waals surface area contributed by atoms with Gasteiger partial charge in [0.1, 0.15) is 6.61 Å². The van der Waals surface area contributed by atoms with Gasteiger partial charge in [-0.05, 0) is 28.8 Å². The molecule has 0 spiro atoms. The van der Waals surface area contributed by atoms with Gasteiger partial charge >= 0.3 is 5.97 Å². The predicted molar refractivity (Wildman–Crippen MR) is 158 cm³/mol. The van der Waals surface area contributed by atoms with Crippen molar-refractivity contribution in [1.29, 1.82) is 0 Å². The minimum atomic E-state index is -0.980. The Balaban J connectivity index is 1.17. The molecule has 0 bridgehead atoms. The summed E-state index contributed by atoms with van der Waals surface area (Å²) in [7, 11) is 1.60. The summed E-state index contributed by atoms with van der Waals surface area (Å²) in [5.41, 5.74) is 3.55. The van der Waals surface area contributed by atoms with Crippen molar-refractivity contribution in [2.75, 3.05) is 59.7 Å². The van der Waals surface area contributed by atoms with Gasteiger partial charge < -0.3 is 19.3 Å². The van der Waals surface area contributed by atoms with E-state index in [1.54, 1.807) is 19.3 Å². The van der Waals surface area contributed by atoms with Gasteiger partial charge in [-0.1, -0.05) is 85.0 Å². The second-order valence-corrected chi connectivity index (χ2v) is 9.53. The lowest BCUT2D eigenvalue weighted by atomic mass is 9.96. The van der Waals surface area contributed by atoms with Gasteiger partial charge in [0.2, 0.25) is 0 Å². The summed E-state index contributed by atoms with van der Waals surface area (Å²) in [4.78, 5) is 15.6. The molecule has 0 aromatic heterocycles. The topological polar surface area (TPSA) is 71.5 Å². The molecule has 1 aliphatic heterocycles. The monoisotopic (exact) mass is 542 g/mol. The Bertz CT molecular complexity index is 1200. The van der Waals surface area contributed by atoms with Gasteiger partial charge in [0.25, 0.3) is 0 Å². The molecule has 1 N–H and O–H groups in total. The first kappa shape index (κ1) is 29.1. The molecular weight excluding hydrogens is 504 g/mol. The van der Waals surface area contributed by atoms with Gasteiger partial charge in [-0.3, -0.25) is 9.80 Å². The molecule has 0 aliphatic carbocycles. The highest BCUT2D eigenvalue weighted by Crippen LogP contribution is 2.30. The van der Waals surface area contributed by atoms with E-state index in [2.05, 4.69) is 70.5 Å². The van der Waals surface area contributed by atoms with Crippen molar-refractivity contribution in [2.24, 2.45) is 0 Å². The van der Waals surface area contributed by atoms with Crippen LogP contribution < -0.4 is 9.47 Å². The largest absolute Gasteiger partial charge is 0.493 e. The second-order valence-electron chi connectivity index (χ2n) is 9.53. The zero-order valence-electron chi connectivity index (χ0n) is 23.0. The number of carboxylic acid groups (broad SMARTS) is 1. The van der Waals surface area contributed by atoms with Gasteiger partial charge in [0, 0.05) is 38.8 Å². The van der Waals surface area contributed by atoms with E-state index in [1.165, 1.54) is 17.2 Å². The molecule has 7 heteroatoms. The Kier molecular flexibility index (Phi) is 11.4. The first-order chi connectivity index (χ1) is 19.6. The highest BCUT2D eigenvalue weighted by molar-refractivity contribution is 5.80. The van der Waals surface area contributed by atoms with Crippen LogP contribution in [0, 0.1) is 0 Å². The maximum absolute atomic E-state index is 10.6. The van der Waals surface area contributed by atoms with Crippen LogP contribution in [0.2, 0.25) is 0 Å². The highest BCUT2D eigenvalue weighted by Gasteiger charge is 2.26. The van der Waals surface area contributed by atoms with E-state index >= 15 is 0 Å². The second kappa shape index (κ2) is 15.6. The number of rotatable bonds is 14. The van der Waals surface area contributed by atoms with Crippen molar-refractivity contribution in [3.05, 3.63) is 114 Å². The Morgan fingerprint density at radius 1 is 0.850 bits per heavy atom. The minimum Gasteiger partial charge on any atom is -0.493 e. The Labute approximate surface area is 236 Å². The fourth-order valence-corrected chi connectivity index (χ4v) is 4.85. The lowest BCUT2D eigenvalue weighted by Crippen LogP contribution is -2.48. The average molecular weight is 543 g/mol. The molecule has 1 heterocycles. The zero-order valence-corrected chi connectivity index (χ0v) is 23.0. The normalized spacial score (nSPS) is 14.8. The number of hydrogen-bond acceptors (Lipinski definition) is 6. The van der Waals surface area contributed by atoms with Gasteiger partial charge in [-0.25, -0.2) is 4.79 Å². The molecule has 0 amide bonds. The highest BCUT2D eigenvalue weighted by atomic mass is 16.5. The van der Waals surface area contributed by atoms with Crippen LogP contribution in [0.5, 0.6) is 11.5 Å². The third kappa shape index (κ3) is 8.81. The van der Waals surface area contributed by atoms with Crippen molar-refractivity contribution in [3.63, 3.8) is 0 Å². The number of benzene rings is 3. The SMILES string of the molecule is COc1cc(C=CC=CC(=O)O)ccc1OCCOCCN1CCN(C(c2ccccc2)c2ccccc2)CC1. The summed E-state index contributed by atoms with van der Waals surface area (Å²) >= 11 is 0.